The minimum Gasteiger partial charge on any atom is -0.455 e. The van der Waals surface area contributed by atoms with E-state index in [-0.39, 0.29) is 10.8 Å². The number of nitrogens with two attached hydrogens (primary N) is 1. The highest BCUT2D eigenvalue weighted by atomic mass is 32.1. The molecule has 0 aliphatic rings. The Morgan fingerprint density at radius 2 is 2.24 bits per heavy atom. The second kappa shape index (κ2) is 6.14. The SMILES string of the molecule is Cc1ccc([N+](=O)[O-])cc1-c1ccc(/C=N\NC(N)=S)o1. The number of non-ortho nitro benzene ring substituents is 1. The zero-order chi connectivity index (χ0) is 15.4. The van der Waals surface area contributed by atoms with E-state index in [1.807, 2.05) is 6.92 Å². The maximum absolute atomic E-state index is 10.8. The standard InChI is InChI=1S/C13H12N4O3S/c1-8-2-3-9(17(18)19)6-11(8)12-5-4-10(20-12)7-15-16-13(14)21/h2-7H,1H3,(H3,14,16,21)/b15-7-. The van der Waals surface area contributed by atoms with Gasteiger partial charge in [-0.3, -0.25) is 15.5 Å². The molecule has 7 nitrogen and oxygen atoms in total. The van der Waals surface area contributed by atoms with Gasteiger partial charge in [-0.2, -0.15) is 5.10 Å². The summed E-state index contributed by atoms with van der Waals surface area (Å²) in [5, 5.41) is 14.6. The van der Waals surface area contributed by atoms with Crippen LogP contribution in [0.5, 0.6) is 0 Å². The van der Waals surface area contributed by atoms with Crippen LogP contribution in [0.3, 0.4) is 0 Å². The fraction of sp³-hybridized carbons (Fsp3) is 0.0769. The molecule has 0 amide bonds. The molecule has 2 rings (SSSR count). The fourth-order valence-corrected chi connectivity index (χ4v) is 1.77. The summed E-state index contributed by atoms with van der Waals surface area (Å²) in [7, 11) is 0. The van der Waals surface area contributed by atoms with Crippen LogP contribution < -0.4 is 11.2 Å². The molecule has 21 heavy (non-hydrogen) atoms. The van der Waals surface area contributed by atoms with Gasteiger partial charge in [0.25, 0.3) is 5.69 Å². The molecule has 0 fully saturated rings. The van der Waals surface area contributed by atoms with E-state index < -0.39 is 4.92 Å². The zero-order valence-electron chi connectivity index (χ0n) is 11.1. The van der Waals surface area contributed by atoms with Gasteiger partial charge < -0.3 is 10.2 Å². The highest BCUT2D eigenvalue weighted by molar-refractivity contribution is 7.80. The van der Waals surface area contributed by atoms with Gasteiger partial charge in [0.05, 0.1) is 11.1 Å². The number of benzene rings is 1. The van der Waals surface area contributed by atoms with Crippen LogP contribution >= 0.6 is 12.2 Å². The Hall–Kier alpha value is -2.74. The quantitative estimate of drug-likeness (QED) is 0.388. The van der Waals surface area contributed by atoms with Crippen molar-refractivity contribution in [3.05, 3.63) is 51.8 Å². The summed E-state index contributed by atoms with van der Waals surface area (Å²) in [6.07, 6.45) is 1.41. The van der Waals surface area contributed by atoms with Crippen molar-refractivity contribution in [3.8, 4) is 11.3 Å². The number of rotatable bonds is 4. The molecule has 1 heterocycles. The van der Waals surface area contributed by atoms with Crippen LogP contribution in [0.4, 0.5) is 5.69 Å². The largest absolute Gasteiger partial charge is 0.455 e. The third kappa shape index (κ3) is 3.63. The van der Waals surface area contributed by atoms with Crippen molar-refractivity contribution in [1.82, 2.24) is 5.43 Å². The Morgan fingerprint density at radius 1 is 1.48 bits per heavy atom. The maximum atomic E-state index is 10.8. The summed E-state index contributed by atoms with van der Waals surface area (Å²) in [5.41, 5.74) is 9.18. The molecule has 0 bridgehead atoms. The third-order valence-corrected chi connectivity index (χ3v) is 2.78. The summed E-state index contributed by atoms with van der Waals surface area (Å²) in [4.78, 5) is 10.4. The van der Waals surface area contributed by atoms with E-state index in [1.165, 1.54) is 18.3 Å². The second-order valence-corrected chi connectivity index (χ2v) is 4.63. The average Bonchev–Trinajstić information content (AvgIpc) is 2.87. The van der Waals surface area contributed by atoms with Crippen molar-refractivity contribution >= 4 is 29.2 Å². The van der Waals surface area contributed by atoms with Crippen molar-refractivity contribution in [2.45, 2.75) is 6.92 Å². The summed E-state index contributed by atoms with van der Waals surface area (Å²) in [5.74, 6) is 0.993. The molecular formula is C13H12N4O3S. The lowest BCUT2D eigenvalue weighted by Crippen LogP contribution is -2.23. The molecule has 2 aromatic rings. The summed E-state index contributed by atoms with van der Waals surface area (Å²) in [6.45, 7) is 1.85. The maximum Gasteiger partial charge on any atom is 0.270 e. The molecule has 3 N–H and O–H groups in total. The number of thiocarbonyl (C=S) groups is 1. The number of nitro groups is 1. The molecule has 0 saturated heterocycles. The molecule has 0 saturated carbocycles. The van der Waals surface area contributed by atoms with Crippen LogP contribution in [0.1, 0.15) is 11.3 Å². The first kappa shape index (κ1) is 14.7. The van der Waals surface area contributed by atoms with Crippen molar-refractivity contribution < 1.29 is 9.34 Å². The molecule has 0 spiro atoms. The van der Waals surface area contributed by atoms with Crippen LogP contribution in [0.2, 0.25) is 0 Å². The molecule has 0 aliphatic carbocycles. The summed E-state index contributed by atoms with van der Waals surface area (Å²) in [6, 6.07) is 8.02. The zero-order valence-corrected chi connectivity index (χ0v) is 11.9. The Morgan fingerprint density at radius 3 is 2.90 bits per heavy atom. The predicted molar refractivity (Wildman–Crippen MR) is 83.1 cm³/mol. The monoisotopic (exact) mass is 304 g/mol. The fourth-order valence-electron chi connectivity index (χ4n) is 1.72. The lowest BCUT2D eigenvalue weighted by atomic mass is 10.1. The lowest BCUT2D eigenvalue weighted by molar-refractivity contribution is -0.384. The molecule has 1 aromatic heterocycles. The summed E-state index contributed by atoms with van der Waals surface area (Å²) < 4.78 is 5.57. The molecular weight excluding hydrogens is 292 g/mol. The van der Waals surface area contributed by atoms with Crippen LogP contribution in [0, 0.1) is 17.0 Å². The smallest absolute Gasteiger partial charge is 0.270 e. The highest BCUT2D eigenvalue weighted by Gasteiger charge is 2.12. The number of hydrogen-bond acceptors (Lipinski definition) is 5. The Kier molecular flexibility index (Phi) is 4.29. The first-order valence-electron chi connectivity index (χ1n) is 5.91. The third-order valence-electron chi connectivity index (χ3n) is 2.69. The van der Waals surface area contributed by atoms with Crippen LogP contribution in [-0.2, 0) is 0 Å². The number of hydrogen-bond donors (Lipinski definition) is 2. The van der Waals surface area contributed by atoms with E-state index >= 15 is 0 Å². The van der Waals surface area contributed by atoms with E-state index in [0.717, 1.165) is 5.56 Å². The lowest BCUT2D eigenvalue weighted by Gasteiger charge is -2.02. The Balaban J connectivity index is 2.29. The van der Waals surface area contributed by atoms with E-state index in [0.29, 0.717) is 17.1 Å². The van der Waals surface area contributed by atoms with Gasteiger partial charge in [-0.15, -0.1) is 0 Å². The topological polar surface area (TPSA) is 107 Å². The van der Waals surface area contributed by atoms with Crippen LogP contribution in [0.25, 0.3) is 11.3 Å². The van der Waals surface area contributed by atoms with E-state index in [1.54, 1.807) is 18.2 Å². The first-order chi connectivity index (χ1) is 9.97. The summed E-state index contributed by atoms with van der Waals surface area (Å²) >= 11 is 4.61. The van der Waals surface area contributed by atoms with E-state index in [4.69, 9.17) is 10.2 Å². The number of nitrogens with one attached hydrogen (secondary N) is 1. The minimum absolute atomic E-state index is 0.0114. The highest BCUT2D eigenvalue weighted by Crippen LogP contribution is 2.28. The van der Waals surface area contributed by atoms with Gasteiger partial charge in [0.15, 0.2) is 5.11 Å². The van der Waals surface area contributed by atoms with E-state index in [9.17, 15) is 10.1 Å². The number of furan rings is 1. The number of hydrazone groups is 1. The molecule has 0 aliphatic heterocycles. The Labute approximate surface area is 125 Å². The van der Waals surface area contributed by atoms with Gasteiger partial charge >= 0.3 is 0 Å². The van der Waals surface area contributed by atoms with Crippen molar-refractivity contribution in [2.75, 3.05) is 0 Å². The van der Waals surface area contributed by atoms with Crippen LogP contribution in [0.15, 0.2) is 39.9 Å². The van der Waals surface area contributed by atoms with Crippen LogP contribution in [-0.4, -0.2) is 16.3 Å². The first-order valence-corrected chi connectivity index (χ1v) is 6.32. The average molecular weight is 304 g/mol. The van der Waals surface area contributed by atoms with Crippen molar-refractivity contribution in [1.29, 1.82) is 0 Å². The number of aryl methyl sites for hydroxylation is 1. The molecule has 0 unspecified atom stereocenters. The van der Waals surface area contributed by atoms with Gasteiger partial charge in [0, 0.05) is 17.7 Å². The van der Waals surface area contributed by atoms with Crippen molar-refractivity contribution in [3.63, 3.8) is 0 Å². The number of nitro benzene ring substituents is 1. The second-order valence-electron chi connectivity index (χ2n) is 4.19. The normalized spacial score (nSPS) is 10.7. The van der Waals surface area contributed by atoms with Gasteiger partial charge in [-0.25, -0.2) is 0 Å². The van der Waals surface area contributed by atoms with Gasteiger partial charge in [0.2, 0.25) is 0 Å². The number of nitrogens with zero attached hydrogens (tertiary/aromatic N) is 2. The van der Waals surface area contributed by atoms with Gasteiger partial charge in [-0.1, -0.05) is 6.07 Å². The van der Waals surface area contributed by atoms with E-state index in [2.05, 4.69) is 22.7 Å². The van der Waals surface area contributed by atoms with Gasteiger partial charge in [0.1, 0.15) is 11.5 Å². The molecule has 0 atom stereocenters. The predicted octanol–water partition coefficient (Wildman–Crippen LogP) is 2.33. The molecule has 0 radical (unpaired) electrons. The Bertz CT molecular complexity index is 724. The molecule has 8 heteroatoms. The minimum atomic E-state index is -0.444. The molecule has 1 aromatic carbocycles. The molecule has 108 valence electrons. The van der Waals surface area contributed by atoms with Crippen molar-refractivity contribution in [2.24, 2.45) is 10.8 Å². The van der Waals surface area contributed by atoms with Gasteiger partial charge in [-0.05, 0) is 36.8 Å².